The second-order valence-corrected chi connectivity index (χ2v) is 11.0. The maximum atomic E-state index is 12.6. The smallest absolute Gasteiger partial charge is 0.164 e. The molecule has 1 rings (SSSR count). The number of carbonyl (C=O) groups is 1. The molecule has 0 bridgehead atoms. The van der Waals surface area contributed by atoms with Gasteiger partial charge in [0.25, 0.3) is 0 Å². The molecule has 27 heavy (non-hydrogen) atoms. The fourth-order valence-electron chi connectivity index (χ4n) is 2.23. The third-order valence-electron chi connectivity index (χ3n) is 4.78. The number of rotatable bonds is 12. The molecule has 0 amide bonds. The zero-order chi connectivity index (χ0) is 20.6. The number of nitrogens with zero attached hydrogens (tertiary/aromatic N) is 2. The average Bonchev–Trinajstić information content (AvgIpc) is 2.64. The van der Waals surface area contributed by atoms with E-state index in [1.54, 1.807) is 27.8 Å². The lowest BCUT2D eigenvalue weighted by Crippen LogP contribution is -2.37. The van der Waals surface area contributed by atoms with E-state index in [0.29, 0.717) is 19.4 Å². The van der Waals surface area contributed by atoms with Crippen molar-refractivity contribution in [2.75, 3.05) is 6.61 Å². The summed E-state index contributed by atoms with van der Waals surface area (Å²) in [6.45, 7) is 12.4. The lowest BCUT2D eigenvalue weighted by molar-refractivity contribution is -0.141. The molecule has 0 spiro atoms. The molecule has 0 aliphatic heterocycles. The van der Waals surface area contributed by atoms with Gasteiger partial charge in [-0.1, -0.05) is 23.8 Å². The third kappa shape index (κ3) is 8.68. The normalized spacial score (nSPS) is 14.4. The fourth-order valence-corrected chi connectivity index (χ4v) is 4.42. The van der Waals surface area contributed by atoms with E-state index in [2.05, 4.69) is 24.9 Å². The summed E-state index contributed by atoms with van der Waals surface area (Å²) in [4.78, 5) is 16.9. The zero-order valence-electron chi connectivity index (χ0n) is 17.4. The minimum atomic E-state index is -0.820. The van der Waals surface area contributed by atoms with Gasteiger partial charge in [0.15, 0.2) is 5.78 Å². The summed E-state index contributed by atoms with van der Waals surface area (Å²) in [5.41, 5.74) is -1.26. The van der Waals surface area contributed by atoms with E-state index in [4.69, 9.17) is 4.74 Å². The quantitative estimate of drug-likeness (QED) is 0.391. The molecule has 4 nitrogen and oxygen atoms in total. The Morgan fingerprint density at radius 3 is 2.48 bits per heavy atom. The molecule has 1 unspecified atom stereocenters. The van der Waals surface area contributed by atoms with Crippen molar-refractivity contribution in [2.45, 2.75) is 82.6 Å². The molecule has 0 fully saturated rings. The first-order chi connectivity index (χ1) is 12.5. The van der Waals surface area contributed by atoms with Crippen molar-refractivity contribution >= 4 is 27.4 Å². The lowest BCUT2D eigenvalue weighted by atomic mass is 9.82. The number of pyridine rings is 1. The van der Waals surface area contributed by atoms with Crippen molar-refractivity contribution < 1.29 is 9.53 Å². The molecule has 0 N–H and O–H groups in total. The molecule has 150 valence electrons. The highest BCUT2D eigenvalue weighted by Gasteiger charge is 2.32. The summed E-state index contributed by atoms with van der Waals surface area (Å²) in [6, 6.07) is 8.21. The van der Waals surface area contributed by atoms with Crippen LogP contribution in [-0.2, 0) is 9.53 Å². The van der Waals surface area contributed by atoms with E-state index in [0.717, 1.165) is 17.9 Å². The number of ketones is 1. The van der Waals surface area contributed by atoms with Gasteiger partial charge in [0.2, 0.25) is 0 Å². The van der Waals surface area contributed by atoms with Gasteiger partial charge in [-0.15, -0.1) is 0 Å². The molecule has 1 aromatic heterocycles. The predicted octanol–water partition coefficient (Wildman–Crippen LogP) is 6.07. The number of nitriles is 1. The topological polar surface area (TPSA) is 63.0 Å². The summed E-state index contributed by atoms with van der Waals surface area (Å²) in [5, 5.41) is 10.3. The minimum Gasteiger partial charge on any atom is -0.368 e. The number of hydrogen-bond donors (Lipinski definition) is 0. The SMILES string of the molecule is CCC(C)(C#N)CCC(=O)C(C)(C)OCCC(C)(C)SSc1ccccn1. The van der Waals surface area contributed by atoms with Gasteiger partial charge in [0.1, 0.15) is 10.6 Å². The van der Waals surface area contributed by atoms with Crippen molar-refractivity contribution in [3.8, 4) is 6.07 Å². The van der Waals surface area contributed by atoms with Crippen LogP contribution in [0.2, 0.25) is 0 Å². The van der Waals surface area contributed by atoms with E-state index in [9.17, 15) is 10.1 Å². The molecule has 0 aromatic carbocycles. The van der Waals surface area contributed by atoms with Gasteiger partial charge in [-0.2, -0.15) is 5.26 Å². The number of aromatic nitrogens is 1. The van der Waals surface area contributed by atoms with Crippen LogP contribution >= 0.6 is 21.6 Å². The second kappa shape index (κ2) is 10.5. The summed E-state index contributed by atoms with van der Waals surface area (Å²) in [6.07, 6.45) is 4.33. The maximum absolute atomic E-state index is 12.6. The molecule has 1 aromatic rings. The molecule has 0 radical (unpaired) electrons. The van der Waals surface area contributed by atoms with Gasteiger partial charge in [-0.3, -0.25) is 4.79 Å². The summed E-state index contributed by atoms with van der Waals surface area (Å²) >= 11 is 0. The highest BCUT2D eigenvalue weighted by molar-refractivity contribution is 8.77. The number of hydrogen-bond acceptors (Lipinski definition) is 6. The Bertz CT molecular complexity index is 641. The highest BCUT2D eigenvalue weighted by atomic mass is 33.1. The molecule has 0 saturated carbocycles. The first kappa shape index (κ1) is 24.0. The van der Waals surface area contributed by atoms with Crippen molar-refractivity contribution in [1.82, 2.24) is 4.98 Å². The highest BCUT2D eigenvalue weighted by Crippen LogP contribution is 2.41. The number of Topliss-reactive ketones (excluding diaryl/α,β-unsaturated/α-hetero) is 1. The molecule has 0 aliphatic rings. The molecular formula is C21H32N2O2S2. The van der Waals surface area contributed by atoms with Gasteiger partial charge in [0.05, 0.1) is 11.5 Å². The van der Waals surface area contributed by atoms with Crippen LogP contribution in [0.3, 0.4) is 0 Å². The Balaban J connectivity index is 2.43. The molecule has 1 heterocycles. The van der Waals surface area contributed by atoms with Crippen LogP contribution in [0, 0.1) is 16.7 Å². The zero-order valence-corrected chi connectivity index (χ0v) is 19.0. The van der Waals surface area contributed by atoms with Gasteiger partial charge in [-0.25, -0.2) is 4.98 Å². The average molecular weight is 409 g/mol. The first-order valence-electron chi connectivity index (χ1n) is 9.39. The summed E-state index contributed by atoms with van der Waals surface area (Å²) in [5.74, 6) is 0.0609. The monoisotopic (exact) mass is 408 g/mol. The molecule has 0 saturated heterocycles. The maximum Gasteiger partial charge on any atom is 0.164 e. The predicted molar refractivity (Wildman–Crippen MR) is 115 cm³/mol. The van der Waals surface area contributed by atoms with Crippen LogP contribution in [-0.4, -0.2) is 27.7 Å². The van der Waals surface area contributed by atoms with Crippen molar-refractivity contribution in [1.29, 1.82) is 5.26 Å². The van der Waals surface area contributed by atoms with Crippen LogP contribution in [0.15, 0.2) is 29.4 Å². The van der Waals surface area contributed by atoms with Gasteiger partial charge >= 0.3 is 0 Å². The Kier molecular flexibility index (Phi) is 9.33. The molecule has 0 aliphatic carbocycles. The van der Waals surface area contributed by atoms with Crippen molar-refractivity contribution in [2.24, 2.45) is 5.41 Å². The molecule has 6 heteroatoms. The first-order valence-corrected chi connectivity index (χ1v) is 11.5. The fraction of sp³-hybridized carbons (Fsp3) is 0.667. The van der Waals surface area contributed by atoms with Gasteiger partial charge in [-0.05, 0) is 76.8 Å². The van der Waals surface area contributed by atoms with Gasteiger partial charge in [0, 0.05) is 24.0 Å². The Hall–Kier alpha value is -1.03. The van der Waals surface area contributed by atoms with Crippen LogP contribution in [0.25, 0.3) is 0 Å². The minimum absolute atomic E-state index is 0.00288. The standard InChI is InChI=1S/C21H32N2O2S2/c1-7-21(6,16-22)12-11-17(24)20(4,5)25-15-13-19(2,3)27-26-18-10-8-9-14-23-18/h8-10,14H,7,11-13,15H2,1-6H3. The number of ether oxygens (including phenoxy) is 1. The van der Waals surface area contributed by atoms with E-state index in [1.165, 1.54) is 0 Å². The van der Waals surface area contributed by atoms with E-state index in [1.807, 2.05) is 45.9 Å². The van der Waals surface area contributed by atoms with E-state index in [-0.39, 0.29) is 10.5 Å². The molecule has 1 atom stereocenters. The van der Waals surface area contributed by atoms with Crippen LogP contribution in [0.4, 0.5) is 0 Å². The Labute approximate surface area is 172 Å². The Morgan fingerprint density at radius 2 is 1.93 bits per heavy atom. The Morgan fingerprint density at radius 1 is 1.22 bits per heavy atom. The van der Waals surface area contributed by atoms with Crippen LogP contribution in [0.5, 0.6) is 0 Å². The van der Waals surface area contributed by atoms with Gasteiger partial charge < -0.3 is 4.74 Å². The van der Waals surface area contributed by atoms with Crippen molar-refractivity contribution in [3.63, 3.8) is 0 Å². The van der Waals surface area contributed by atoms with Crippen molar-refractivity contribution in [3.05, 3.63) is 24.4 Å². The summed E-state index contributed by atoms with van der Waals surface area (Å²) < 4.78 is 5.94. The van der Waals surface area contributed by atoms with E-state index >= 15 is 0 Å². The van der Waals surface area contributed by atoms with Crippen LogP contribution < -0.4 is 0 Å². The largest absolute Gasteiger partial charge is 0.368 e. The van der Waals surface area contributed by atoms with E-state index < -0.39 is 11.0 Å². The summed E-state index contributed by atoms with van der Waals surface area (Å²) in [7, 11) is 3.42. The number of carbonyl (C=O) groups excluding carboxylic acids is 1. The lowest BCUT2D eigenvalue weighted by Gasteiger charge is -2.29. The van der Waals surface area contributed by atoms with Crippen LogP contribution in [0.1, 0.15) is 67.2 Å². The molecular weight excluding hydrogens is 376 g/mol. The third-order valence-corrected chi connectivity index (χ3v) is 8.05. The second-order valence-electron chi connectivity index (χ2n) is 8.15.